The van der Waals surface area contributed by atoms with Gasteiger partial charge in [0.15, 0.2) is 0 Å². The number of hydrogen-bond acceptors (Lipinski definition) is 3. The first-order chi connectivity index (χ1) is 10.7. The van der Waals surface area contributed by atoms with Gasteiger partial charge in [0, 0.05) is 12.6 Å². The number of hydrogen-bond donors (Lipinski definition) is 2. The summed E-state index contributed by atoms with van der Waals surface area (Å²) in [6.45, 7) is 4.48. The van der Waals surface area contributed by atoms with Crippen LogP contribution in [-0.4, -0.2) is 34.2 Å². The van der Waals surface area contributed by atoms with Crippen LogP contribution < -0.4 is 16.3 Å². The monoisotopic (exact) mass is 338 g/mol. The van der Waals surface area contributed by atoms with E-state index in [0.717, 1.165) is 37.0 Å². The van der Waals surface area contributed by atoms with Gasteiger partial charge < -0.3 is 10.6 Å². The summed E-state index contributed by atoms with van der Waals surface area (Å²) in [4.78, 5) is 24.8. The van der Waals surface area contributed by atoms with Crippen molar-refractivity contribution in [2.75, 3.05) is 13.1 Å². The summed E-state index contributed by atoms with van der Waals surface area (Å²) >= 11 is 0. The summed E-state index contributed by atoms with van der Waals surface area (Å²) in [5.41, 5.74) is 1.57. The van der Waals surface area contributed by atoms with Crippen molar-refractivity contribution in [2.45, 2.75) is 38.9 Å². The number of carbonyl (C=O) groups excluding carboxylic acids is 1. The molecule has 1 aromatic heterocycles. The van der Waals surface area contributed by atoms with Crippen LogP contribution in [0.2, 0.25) is 0 Å². The van der Waals surface area contributed by atoms with Crippen molar-refractivity contribution in [3.05, 3.63) is 34.7 Å². The number of benzene rings is 1. The second-order valence-electron chi connectivity index (χ2n) is 5.69. The molecule has 6 nitrogen and oxygen atoms in total. The molecule has 0 unspecified atom stereocenters. The number of imidazole rings is 1. The van der Waals surface area contributed by atoms with Crippen molar-refractivity contribution in [1.82, 2.24) is 19.8 Å². The Kier molecular flexibility index (Phi) is 5.85. The third kappa shape index (κ3) is 3.59. The molecule has 7 heteroatoms. The van der Waals surface area contributed by atoms with Gasteiger partial charge in [0.05, 0.1) is 11.0 Å². The summed E-state index contributed by atoms with van der Waals surface area (Å²) in [7, 11) is 0. The van der Waals surface area contributed by atoms with E-state index in [1.807, 2.05) is 31.2 Å². The van der Waals surface area contributed by atoms with Gasteiger partial charge >= 0.3 is 5.69 Å². The fraction of sp³-hybridized carbons (Fsp3) is 0.500. The van der Waals surface area contributed by atoms with Gasteiger partial charge in [0.2, 0.25) is 5.91 Å². The maximum atomic E-state index is 12.5. The maximum absolute atomic E-state index is 12.5. The van der Waals surface area contributed by atoms with Crippen molar-refractivity contribution >= 4 is 29.3 Å². The average Bonchev–Trinajstić information content (AvgIpc) is 2.80. The highest BCUT2D eigenvalue weighted by Crippen LogP contribution is 2.12. The first-order valence-corrected chi connectivity index (χ1v) is 7.89. The van der Waals surface area contributed by atoms with E-state index in [2.05, 4.69) is 10.6 Å². The Bertz CT molecular complexity index is 731. The SMILES string of the molecule is CCn1c(=O)n(CC(=O)NC2CCNCC2)c2ccccc21.Cl. The van der Waals surface area contributed by atoms with Crippen LogP contribution in [-0.2, 0) is 17.9 Å². The van der Waals surface area contributed by atoms with Crippen molar-refractivity contribution in [2.24, 2.45) is 0 Å². The number of nitrogens with zero attached hydrogens (tertiary/aromatic N) is 2. The fourth-order valence-electron chi connectivity index (χ4n) is 3.11. The molecule has 126 valence electrons. The number of piperidine rings is 1. The molecule has 2 aromatic rings. The van der Waals surface area contributed by atoms with Crippen LogP contribution >= 0.6 is 12.4 Å². The lowest BCUT2D eigenvalue weighted by molar-refractivity contribution is -0.122. The van der Waals surface area contributed by atoms with E-state index in [0.29, 0.717) is 6.54 Å². The van der Waals surface area contributed by atoms with Gasteiger partial charge in [0.25, 0.3) is 0 Å². The molecule has 0 spiro atoms. The average molecular weight is 339 g/mol. The van der Waals surface area contributed by atoms with Gasteiger partial charge in [0.1, 0.15) is 6.54 Å². The van der Waals surface area contributed by atoms with E-state index in [4.69, 9.17) is 0 Å². The van der Waals surface area contributed by atoms with E-state index in [1.54, 1.807) is 9.13 Å². The predicted molar refractivity (Wildman–Crippen MR) is 93.2 cm³/mol. The zero-order valence-electron chi connectivity index (χ0n) is 13.2. The van der Waals surface area contributed by atoms with Crippen molar-refractivity contribution in [3.8, 4) is 0 Å². The van der Waals surface area contributed by atoms with E-state index >= 15 is 0 Å². The smallest absolute Gasteiger partial charge is 0.329 e. The Morgan fingerprint density at radius 2 is 1.83 bits per heavy atom. The molecular weight excluding hydrogens is 316 g/mol. The fourth-order valence-corrected chi connectivity index (χ4v) is 3.11. The van der Waals surface area contributed by atoms with Gasteiger partial charge in [-0.25, -0.2) is 4.79 Å². The molecule has 1 fully saturated rings. The molecule has 0 saturated carbocycles. The highest BCUT2D eigenvalue weighted by Gasteiger charge is 2.18. The Morgan fingerprint density at radius 3 is 2.43 bits per heavy atom. The molecule has 0 radical (unpaired) electrons. The lowest BCUT2D eigenvalue weighted by Gasteiger charge is -2.23. The number of para-hydroxylation sites is 2. The minimum atomic E-state index is -0.121. The molecule has 0 bridgehead atoms. The Hall–Kier alpha value is -1.79. The van der Waals surface area contributed by atoms with Gasteiger partial charge in [-0.3, -0.25) is 13.9 Å². The Labute approximate surface area is 141 Å². The van der Waals surface area contributed by atoms with Gasteiger partial charge in [-0.1, -0.05) is 12.1 Å². The van der Waals surface area contributed by atoms with Gasteiger partial charge in [-0.15, -0.1) is 12.4 Å². The number of halogens is 1. The quantitative estimate of drug-likeness (QED) is 0.877. The summed E-state index contributed by atoms with van der Waals surface area (Å²) in [5.74, 6) is -0.0898. The first kappa shape index (κ1) is 17.6. The van der Waals surface area contributed by atoms with E-state index < -0.39 is 0 Å². The second-order valence-corrected chi connectivity index (χ2v) is 5.69. The highest BCUT2D eigenvalue weighted by atomic mass is 35.5. The maximum Gasteiger partial charge on any atom is 0.329 e. The van der Waals surface area contributed by atoms with Crippen LogP contribution in [0, 0.1) is 0 Å². The molecule has 23 heavy (non-hydrogen) atoms. The molecular formula is C16H23ClN4O2. The third-order valence-corrected chi connectivity index (χ3v) is 4.25. The van der Waals surface area contributed by atoms with Crippen LogP contribution in [0.4, 0.5) is 0 Å². The molecule has 1 saturated heterocycles. The van der Waals surface area contributed by atoms with Crippen molar-refractivity contribution in [3.63, 3.8) is 0 Å². The number of fused-ring (bicyclic) bond motifs is 1. The molecule has 3 rings (SSSR count). The molecule has 0 atom stereocenters. The highest BCUT2D eigenvalue weighted by molar-refractivity contribution is 5.85. The Morgan fingerprint density at radius 1 is 1.22 bits per heavy atom. The van der Waals surface area contributed by atoms with Crippen LogP contribution in [0.25, 0.3) is 11.0 Å². The van der Waals surface area contributed by atoms with E-state index in [-0.39, 0.29) is 36.6 Å². The van der Waals surface area contributed by atoms with Crippen molar-refractivity contribution in [1.29, 1.82) is 0 Å². The van der Waals surface area contributed by atoms with Crippen LogP contribution in [0.1, 0.15) is 19.8 Å². The number of aromatic nitrogens is 2. The predicted octanol–water partition coefficient (Wildman–Crippen LogP) is 1.11. The standard InChI is InChI=1S/C16H22N4O2.ClH/c1-2-19-13-5-3-4-6-14(13)20(16(19)22)11-15(21)18-12-7-9-17-10-8-12;/h3-6,12,17H,2,7-11H2,1H3,(H,18,21);1H. The summed E-state index contributed by atoms with van der Waals surface area (Å²) < 4.78 is 3.27. The first-order valence-electron chi connectivity index (χ1n) is 7.89. The normalized spacial score (nSPS) is 15.3. The number of nitrogens with one attached hydrogen (secondary N) is 2. The largest absolute Gasteiger partial charge is 0.352 e. The minimum Gasteiger partial charge on any atom is -0.352 e. The minimum absolute atomic E-state index is 0. The number of carbonyl (C=O) groups is 1. The van der Waals surface area contributed by atoms with Crippen molar-refractivity contribution < 1.29 is 4.79 Å². The van der Waals surface area contributed by atoms with Crippen LogP contribution in [0.3, 0.4) is 0 Å². The number of amides is 1. The molecule has 0 aliphatic carbocycles. The second kappa shape index (κ2) is 7.66. The lowest BCUT2D eigenvalue weighted by Crippen LogP contribution is -2.44. The summed E-state index contributed by atoms with van der Waals surface area (Å²) in [6.07, 6.45) is 1.88. The third-order valence-electron chi connectivity index (χ3n) is 4.25. The molecule has 1 aliphatic rings. The molecule has 1 amide bonds. The lowest BCUT2D eigenvalue weighted by atomic mass is 10.1. The van der Waals surface area contributed by atoms with E-state index in [1.165, 1.54) is 0 Å². The van der Waals surface area contributed by atoms with E-state index in [9.17, 15) is 9.59 Å². The van der Waals surface area contributed by atoms with Crippen LogP contribution in [0.15, 0.2) is 29.1 Å². The summed E-state index contributed by atoms with van der Waals surface area (Å²) in [5, 5.41) is 6.31. The number of aryl methyl sites for hydroxylation is 1. The zero-order chi connectivity index (χ0) is 15.5. The molecule has 1 aromatic carbocycles. The summed E-state index contributed by atoms with van der Waals surface area (Å²) in [6, 6.07) is 7.82. The van der Waals surface area contributed by atoms with Gasteiger partial charge in [-0.2, -0.15) is 0 Å². The number of rotatable bonds is 4. The molecule has 1 aliphatic heterocycles. The Balaban J connectivity index is 0.00000192. The molecule has 2 N–H and O–H groups in total. The van der Waals surface area contributed by atoms with Gasteiger partial charge in [-0.05, 0) is 45.0 Å². The molecule has 2 heterocycles. The zero-order valence-corrected chi connectivity index (χ0v) is 14.1. The van der Waals surface area contributed by atoms with Crippen LogP contribution in [0.5, 0.6) is 0 Å². The topological polar surface area (TPSA) is 68.1 Å².